The molecule has 5 heteroatoms. The Hall–Kier alpha value is -2.66. The number of thiophene rings is 1. The van der Waals surface area contributed by atoms with E-state index in [1.165, 1.54) is 16.7 Å². The first-order valence-corrected chi connectivity index (χ1v) is 9.10. The highest BCUT2D eigenvalue weighted by Gasteiger charge is 2.12. The summed E-state index contributed by atoms with van der Waals surface area (Å²) in [5.74, 6) is -0.121. The quantitative estimate of drug-likeness (QED) is 0.736. The van der Waals surface area contributed by atoms with Gasteiger partial charge in [0.2, 0.25) is 5.91 Å². The maximum absolute atomic E-state index is 12.3. The minimum absolute atomic E-state index is 0.0125. The van der Waals surface area contributed by atoms with Gasteiger partial charge in [0.25, 0.3) is 5.91 Å². The summed E-state index contributed by atoms with van der Waals surface area (Å²) in [4.78, 5) is 25.9. The summed E-state index contributed by atoms with van der Waals surface area (Å²) in [6.07, 6.45) is 0.289. The normalized spacial score (nSPS) is 10.6. The Balaban J connectivity index is 1.54. The van der Waals surface area contributed by atoms with Crippen molar-refractivity contribution in [3.63, 3.8) is 0 Å². The van der Waals surface area contributed by atoms with Gasteiger partial charge in [-0.3, -0.25) is 9.59 Å². The van der Waals surface area contributed by atoms with Crippen molar-refractivity contribution < 1.29 is 9.59 Å². The number of carbonyl (C=O) groups is 2. The summed E-state index contributed by atoms with van der Waals surface area (Å²) in [6, 6.07) is 16.1. The second-order valence-corrected chi connectivity index (χ2v) is 6.69. The summed E-state index contributed by atoms with van der Waals surface area (Å²) in [7, 11) is 1.80. The average Bonchev–Trinajstić information content (AvgIpc) is 3.16. The summed E-state index contributed by atoms with van der Waals surface area (Å²) < 4.78 is 0. The summed E-state index contributed by atoms with van der Waals surface area (Å²) in [5, 5.41) is 8.77. The predicted octanol–water partition coefficient (Wildman–Crippen LogP) is 3.68. The fourth-order valence-corrected chi connectivity index (χ4v) is 3.38. The molecule has 1 heterocycles. The number of nitrogens with one attached hydrogen (secondary N) is 1. The lowest BCUT2D eigenvalue weighted by atomic mass is 10.0. The maximum Gasteiger partial charge on any atom is 0.252 e. The Morgan fingerprint density at radius 2 is 1.88 bits per heavy atom. The van der Waals surface area contributed by atoms with Gasteiger partial charge >= 0.3 is 0 Å². The molecule has 2 aromatic carbocycles. The first-order chi connectivity index (χ1) is 12.1. The number of rotatable bonds is 6. The van der Waals surface area contributed by atoms with Crippen LogP contribution in [0.4, 0.5) is 0 Å². The third kappa shape index (κ3) is 4.25. The van der Waals surface area contributed by atoms with Crippen LogP contribution in [0.2, 0.25) is 0 Å². The van der Waals surface area contributed by atoms with Crippen LogP contribution in [-0.4, -0.2) is 30.3 Å². The molecular formula is C20H20N2O2S. The van der Waals surface area contributed by atoms with Crippen molar-refractivity contribution >= 4 is 33.9 Å². The molecule has 0 bridgehead atoms. The van der Waals surface area contributed by atoms with E-state index in [4.69, 9.17) is 0 Å². The van der Waals surface area contributed by atoms with Crippen LogP contribution in [0.15, 0.2) is 59.3 Å². The van der Waals surface area contributed by atoms with Gasteiger partial charge in [-0.15, -0.1) is 0 Å². The number of fused-ring (bicyclic) bond motifs is 1. The third-order valence-corrected chi connectivity index (χ3v) is 4.80. The van der Waals surface area contributed by atoms with E-state index in [0.29, 0.717) is 18.7 Å². The molecule has 0 fully saturated rings. The average molecular weight is 352 g/mol. The van der Waals surface area contributed by atoms with E-state index < -0.39 is 0 Å². The van der Waals surface area contributed by atoms with E-state index in [9.17, 15) is 9.59 Å². The van der Waals surface area contributed by atoms with E-state index in [1.54, 1.807) is 23.4 Å². The predicted molar refractivity (Wildman–Crippen MR) is 102 cm³/mol. The monoisotopic (exact) mass is 352 g/mol. The Morgan fingerprint density at radius 3 is 2.68 bits per heavy atom. The van der Waals surface area contributed by atoms with Gasteiger partial charge < -0.3 is 10.2 Å². The van der Waals surface area contributed by atoms with E-state index in [-0.39, 0.29) is 18.2 Å². The Kier molecular flexibility index (Phi) is 5.46. The molecule has 0 radical (unpaired) electrons. The van der Waals surface area contributed by atoms with Crippen molar-refractivity contribution in [2.75, 3.05) is 13.6 Å². The fourth-order valence-electron chi connectivity index (χ4n) is 2.74. The van der Waals surface area contributed by atoms with Crippen molar-refractivity contribution in [3.05, 3.63) is 70.4 Å². The topological polar surface area (TPSA) is 49.4 Å². The van der Waals surface area contributed by atoms with Crippen LogP contribution >= 0.6 is 11.3 Å². The molecule has 0 aliphatic heterocycles. The highest BCUT2D eigenvalue weighted by Crippen LogP contribution is 2.19. The van der Waals surface area contributed by atoms with Crippen LogP contribution in [-0.2, 0) is 11.3 Å². The molecule has 128 valence electrons. The van der Waals surface area contributed by atoms with E-state index >= 15 is 0 Å². The molecule has 0 saturated heterocycles. The lowest BCUT2D eigenvalue weighted by Gasteiger charge is -2.18. The van der Waals surface area contributed by atoms with Crippen molar-refractivity contribution in [1.82, 2.24) is 10.2 Å². The van der Waals surface area contributed by atoms with Gasteiger partial charge in [0.15, 0.2) is 0 Å². The van der Waals surface area contributed by atoms with Gasteiger partial charge in [0.05, 0.1) is 0 Å². The summed E-state index contributed by atoms with van der Waals surface area (Å²) >= 11 is 1.48. The SMILES string of the molecule is CN(Cc1cccc2ccccc12)C(=O)CCNC(=O)c1ccsc1. The smallest absolute Gasteiger partial charge is 0.252 e. The van der Waals surface area contributed by atoms with E-state index in [1.807, 2.05) is 29.6 Å². The molecule has 0 atom stereocenters. The molecule has 1 aromatic heterocycles. The van der Waals surface area contributed by atoms with Crippen molar-refractivity contribution in [2.24, 2.45) is 0 Å². The molecule has 1 N–H and O–H groups in total. The van der Waals surface area contributed by atoms with Crippen LogP contribution in [0.1, 0.15) is 22.3 Å². The summed E-state index contributed by atoms with van der Waals surface area (Å²) in [6.45, 7) is 0.895. The zero-order chi connectivity index (χ0) is 17.6. The number of hydrogen-bond acceptors (Lipinski definition) is 3. The number of hydrogen-bond donors (Lipinski definition) is 1. The molecule has 0 saturated carbocycles. The minimum atomic E-state index is -0.134. The lowest BCUT2D eigenvalue weighted by Crippen LogP contribution is -2.31. The second kappa shape index (κ2) is 7.94. The van der Waals surface area contributed by atoms with Crippen LogP contribution in [0.5, 0.6) is 0 Å². The maximum atomic E-state index is 12.3. The van der Waals surface area contributed by atoms with Crippen LogP contribution < -0.4 is 5.32 Å². The molecule has 0 spiro atoms. The second-order valence-electron chi connectivity index (χ2n) is 5.91. The zero-order valence-electron chi connectivity index (χ0n) is 14.1. The molecule has 0 unspecified atom stereocenters. The van der Waals surface area contributed by atoms with Gasteiger partial charge in [0, 0.05) is 37.5 Å². The number of benzene rings is 2. The van der Waals surface area contributed by atoms with E-state index in [0.717, 1.165) is 10.9 Å². The zero-order valence-corrected chi connectivity index (χ0v) is 14.9. The van der Waals surface area contributed by atoms with Crippen LogP contribution in [0.25, 0.3) is 10.8 Å². The standard InChI is InChI=1S/C20H20N2O2S/c1-22(13-16-7-4-6-15-5-2-3-8-18(15)16)19(23)9-11-21-20(24)17-10-12-25-14-17/h2-8,10,12,14H,9,11,13H2,1H3,(H,21,24). The molecule has 2 amide bonds. The molecular weight excluding hydrogens is 332 g/mol. The van der Waals surface area contributed by atoms with Gasteiger partial charge in [-0.2, -0.15) is 11.3 Å². The Labute approximate surface area is 151 Å². The van der Waals surface area contributed by atoms with E-state index in [2.05, 4.69) is 23.5 Å². The summed E-state index contributed by atoms with van der Waals surface area (Å²) in [5.41, 5.74) is 1.76. The largest absolute Gasteiger partial charge is 0.351 e. The Morgan fingerprint density at radius 1 is 1.08 bits per heavy atom. The molecule has 4 nitrogen and oxygen atoms in total. The van der Waals surface area contributed by atoms with Crippen molar-refractivity contribution in [1.29, 1.82) is 0 Å². The van der Waals surface area contributed by atoms with Gasteiger partial charge in [-0.1, -0.05) is 42.5 Å². The van der Waals surface area contributed by atoms with Crippen LogP contribution in [0, 0.1) is 0 Å². The number of carbonyl (C=O) groups excluding carboxylic acids is 2. The van der Waals surface area contributed by atoms with Crippen molar-refractivity contribution in [2.45, 2.75) is 13.0 Å². The first kappa shape index (κ1) is 17.2. The number of amides is 2. The first-order valence-electron chi connectivity index (χ1n) is 8.16. The van der Waals surface area contributed by atoms with Gasteiger partial charge in [0.1, 0.15) is 0 Å². The molecule has 0 aliphatic rings. The highest BCUT2D eigenvalue weighted by molar-refractivity contribution is 7.08. The van der Waals surface area contributed by atoms with Crippen LogP contribution in [0.3, 0.4) is 0 Å². The Bertz CT molecular complexity index is 869. The van der Waals surface area contributed by atoms with Gasteiger partial charge in [-0.25, -0.2) is 0 Å². The minimum Gasteiger partial charge on any atom is -0.351 e. The molecule has 3 rings (SSSR count). The molecule has 25 heavy (non-hydrogen) atoms. The fraction of sp³-hybridized carbons (Fsp3) is 0.200. The lowest BCUT2D eigenvalue weighted by molar-refractivity contribution is -0.130. The van der Waals surface area contributed by atoms with Crippen molar-refractivity contribution in [3.8, 4) is 0 Å². The molecule has 0 aliphatic carbocycles. The molecule has 3 aromatic rings. The van der Waals surface area contributed by atoms with Gasteiger partial charge in [-0.05, 0) is 27.8 Å². The third-order valence-electron chi connectivity index (χ3n) is 4.12. The highest BCUT2D eigenvalue weighted by atomic mass is 32.1. The number of nitrogens with zero attached hydrogens (tertiary/aromatic N) is 1.